The van der Waals surface area contributed by atoms with Crippen LogP contribution < -0.4 is 36.6 Å². The average Bonchev–Trinajstić information content (AvgIpc) is 2.46. The summed E-state index contributed by atoms with van der Waals surface area (Å²) in [6.07, 6.45) is 0.589. The molecule has 1 unspecified atom stereocenters. The first-order valence-corrected chi connectivity index (χ1v) is 3.84. The molecule has 2 N–H and O–H groups in total. The second-order valence-electron chi connectivity index (χ2n) is 2.90. The van der Waals surface area contributed by atoms with Gasteiger partial charge in [-0.3, -0.25) is 0 Å². The Morgan fingerprint density at radius 3 is 2.53 bits per heavy atom. The Hall–Kier alpha value is -0.333. The number of fused-ring (bicyclic) bond motifs is 1. The van der Waals surface area contributed by atoms with Crippen LogP contribution in [0.15, 0.2) is 24.3 Å². The van der Waals surface area contributed by atoms with E-state index < -0.39 is 12.0 Å². The van der Waals surface area contributed by atoms with Crippen molar-refractivity contribution >= 4 is 24.1 Å². The van der Waals surface area contributed by atoms with Gasteiger partial charge in [0.15, 0.2) is 0 Å². The zero-order chi connectivity index (χ0) is 8.55. The van der Waals surface area contributed by atoms with Crippen molar-refractivity contribution in [1.82, 2.24) is 0 Å². The molecule has 0 fully saturated rings. The summed E-state index contributed by atoms with van der Waals surface area (Å²) in [5.74, 6) is -0.786. The van der Waals surface area contributed by atoms with E-state index in [4.69, 9.17) is 5.11 Å². The van der Waals surface area contributed by atoms with Crippen LogP contribution in [0.3, 0.4) is 0 Å². The number of halogens is 2. The summed E-state index contributed by atoms with van der Waals surface area (Å²) in [4.78, 5) is 10.6. The number of hydrogen-bond acceptors (Lipinski definition) is 2. The third-order valence-electron chi connectivity index (χ3n) is 2.07. The van der Waals surface area contributed by atoms with Gasteiger partial charge in [0.25, 0.3) is 0 Å². The topological polar surface area (TPSA) is 49.3 Å². The molecule has 2 rings (SSSR count). The van der Waals surface area contributed by atoms with Crippen LogP contribution in [0.4, 0.5) is 5.69 Å². The normalized spacial score (nSPS) is 15.9. The number of carboxylic acids is 1. The Bertz CT molecular complexity index is 311. The van der Waals surface area contributed by atoms with Crippen LogP contribution >= 0.6 is 12.4 Å². The minimum absolute atomic E-state index is 0. The molecule has 0 bridgehead atoms. The molecule has 78 valence electrons. The first-order valence-electron chi connectivity index (χ1n) is 3.84. The second kappa shape index (κ2) is 7.03. The molecule has 1 atom stereocenters. The second-order valence-corrected chi connectivity index (χ2v) is 2.90. The Labute approximate surface area is 113 Å². The molecule has 0 spiro atoms. The quantitative estimate of drug-likeness (QED) is 0.488. The van der Waals surface area contributed by atoms with Gasteiger partial charge in [0.1, 0.15) is 6.04 Å². The van der Waals surface area contributed by atoms with Crippen LogP contribution in [0.5, 0.6) is 0 Å². The summed E-state index contributed by atoms with van der Waals surface area (Å²) >= 11 is 0. The van der Waals surface area contributed by atoms with Crippen LogP contribution in [0.2, 0.25) is 0 Å². The minimum Gasteiger partial charge on any atom is -1.00 e. The number of carboxylic acid groups (broad SMARTS) is 1. The maximum absolute atomic E-state index is 10.6. The van der Waals surface area contributed by atoms with Gasteiger partial charge < -0.3 is 22.8 Å². The van der Waals surface area contributed by atoms with Crippen molar-refractivity contribution in [2.75, 3.05) is 5.32 Å². The fraction of sp³-hybridized carbons (Fsp3) is 0.222. The molecule has 6 heteroatoms. The van der Waals surface area contributed by atoms with Crippen molar-refractivity contribution in [2.24, 2.45) is 0 Å². The van der Waals surface area contributed by atoms with E-state index in [1.165, 1.54) is 0 Å². The number of carbonyl (C=O) groups is 1. The van der Waals surface area contributed by atoms with Crippen LogP contribution in [-0.4, -0.2) is 17.1 Å². The van der Waals surface area contributed by atoms with Crippen LogP contribution in [-0.2, 0) is 11.2 Å². The minimum atomic E-state index is -0.786. The molecule has 15 heavy (non-hydrogen) atoms. The first-order chi connectivity index (χ1) is 5.77. The zero-order valence-electron chi connectivity index (χ0n) is 8.24. The molecule has 1 aromatic rings. The van der Waals surface area contributed by atoms with E-state index in [-0.39, 0.29) is 43.7 Å². The molecule has 3 nitrogen and oxygen atoms in total. The monoisotopic (exact) mass is 241 g/mol. The first kappa shape index (κ1) is 17.1. The number of anilines is 1. The van der Waals surface area contributed by atoms with Gasteiger partial charge in [0.05, 0.1) is 0 Å². The van der Waals surface area contributed by atoms with Gasteiger partial charge in [-0.2, -0.15) is 0 Å². The summed E-state index contributed by atoms with van der Waals surface area (Å²) in [6.45, 7) is 0. The van der Waals surface area contributed by atoms with E-state index in [0.29, 0.717) is 6.42 Å². The van der Waals surface area contributed by atoms with E-state index >= 15 is 0 Å². The van der Waals surface area contributed by atoms with Crippen LogP contribution in [0.1, 0.15) is 5.56 Å². The molecule has 1 heterocycles. The fourth-order valence-electron chi connectivity index (χ4n) is 1.45. The van der Waals surface area contributed by atoms with Crippen molar-refractivity contribution < 1.29 is 41.2 Å². The van der Waals surface area contributed by atoms with E-state index in [2.05, 4.69) is 5.32 Å². The number of aliphatic carboxylic acids is 1. The van der Waals surface area contributed by atoms with E-state index in [1.807, 2.05) is 24.3 Å². The fourth-order valence-corrected chi connectivity index (χ4v) is 1.45. The SMILES string of the molecule is Cl.O=C(O)C1Cc2ccccc2N1.[Cl-].[Li+]. The van der Waals surface area contributed by atoms with Crippen molar-refractivity contribution in [3.8, 4) is 0 Å². The Morgan fingerprint density at radius 2 is 2.00 bits per heavy atom. The Kier molecular flexibility index (Phi) is 8.00. The van der Waals surface area contributed by atoms with Crippen molar-refractivity contribution in [3.63, 3.8) is 0 Å². The summed E-state index contributed by atoms with van der Waals surface area (Å²) in [6, 6.07) is 7.23. The van der Waals surface area contributed by atoms with Gasteiger partial charge in [-0.1, -0.05) is 18.2 Å². The van der Waals surface area contributed by atoms with E-state index in [0.717, 1.165) is 11.3 Å². The number of para-hydroxylation sites is 1. The molecular formula is C9H10Cl2LiNO2. The third-order valence-corrected chi connectivity index (χ3v) is 2.07. The largest absolute Gasteiger partial charge is 1.00 e. The molecule has 1 aromatic carbocycles. The Balaban J connectivity index is 0. The van der Waals surface area contributed by atoms with Gasteiger partial charge in [0.2, 0.25) is 0 Å². The molecule has 1 aliphatic rings. The standard InChI is InChI=1S/C9H9NO2.2ClH.Li/c11-9(12)8-5-6-3-1-2-4-7(6)10-8;;;/h1-4,8,10H,5H2,(H,11,12);2*1H;/q;;;+1/p-1. The molecule has 0 saturated carbocycles. The molecule has 0 aliphatic carbocycles. The molecule has 0 saturated heterocycles. The van der Waals surface area contributed by atoms with Gasteiger partial charge in [0, 0.05) is 12.1 Å². The number of nitrogens with one attached hydrogen (secondary N) is 1. The maximum atomic E-state index is 10.6. The van der Waals surface area contributed by atoms with Gasteiger partial charge in [-0.25, -0.2) is 4.79 Å². The molecule has 1 aliphatic heterocycles. The van der Waals surface area contributed by atoms with Crippen LogP contribution in [0.25, 0.3) is 0 Å². The predicted octanol–water partition coefficient (Wildman–Crippen LogP) is -4.46. The number of rotatable bonds is 1. The average molecular weight is 242 g/mol. The zero-order valence-corrected chi connectivity index (χ0v) is 9.81. The summed E-state index contributed by atoms with van der Waals surface area (Å²) < 4.78 is 0. The number of benzene rings is 1. The van der Waals surface area contributed by atoms with Gasteiger partial charge >= 0.3 is 24.8 Å². The Morgan fingerprint density at radius 1 is 1.40 bits per heavy atom. The van der Waals surface area contributed by atoms with Crippen LogP contribution in [0, 0.1) is 0 Å². The number of hydrogen-bond donors (Lipinski definition) is 2. The van der Waals surface area contributed by atoms with E-state index in [9.17, 15) is 4.79 Å². The summed E-state index contributed by atoms with van der Waals surface area (Å²) in [7, 11) is 0. The summed E-state index contributed by atoms with van der Waals surface area (Å²) in [5, 5.41) is 11.7. The predicted molar refractivity (Wildman–Crippen MR) is 52.4 cm³/mol. The van der Waals surface area contributed by atoms with Crippen molar-refractivity contribution in [3.05, 3.63) is 29.8 Å². The summed E-state index contributed by atoms with van der Waals surface area (Å²) in [5.41, 5.74) is 2.04. The molecular weight excluding hydrogens is 232 g/mol. The molecule has 0 radical (unpaired) electrons. The van der Waals surface area contributed by atoms with Gasteiger partial charge in [-0.15, -0.1) is 12.4 Å². The van der Waals surface area contributed by atoms with Crippen molar-refractivity contribution in [2.45, 2.75) is 12.5 Å². The van der Waals surface area contributed by atoms with Crippen molar-refractivity contribution in [1.29, 1.82) is 0 Å². The smallest absolute Gasteiger partial charge is 1.00 e. The third kappa shape index (κ3) is 3.62. The molecule has 0 amide bonds. The molecule has 0 aromatic heterocycles. The maximum Gasteiger partial charge on any atom is 1.00 e. The van der Waals surface area contributed by atoms with E-state index in [1.54, 1.807) is 0 Å². The van der Waals surface area contributed by atoms with Gasteiger partial charge in [-0.05, 0) is 11.6 Å².